The van der Waals surface area contributed by atoms with Gasteiger partial charge in [0, 0.05) is 18.7 Å². The van der Waals surface area contributed by atoms with Crippen LogP contribution in [0.5, 0.6) is 0 Å². The number of aryl methyl sites for hydroxylation is 1. The average Bonchev–Trinajstić information content (AvgIpc) is 2.98. The second kappa shape index (κ2) is 9.27. The quantitative estimate of drug-likeness (QED) is 0.782. The Balaban J connectivity index is 1.79. The van der Waals surface area contributed by atoms with Crippen LogP contribution < -0.4 is 5.32 Å². The minimum absolute atomic E-state index is 0.0222. The predicted octanol–water partition coefficient (Wildman–Crippen LogP) is 3.09. The van der Waals surface area contributed by atoms with Gasteiger partial charge in [0.05, 0.1) is 11.5 Å². The third-order valence-corrected chi connectivity index (χ3v) is 4.41. The topological polar surface area (TPSA) is 75.4 Å². The molecule has 1 N–H and O–H groups in total. The van der Waals surface area contributed by atoms with E-state index in [0.29, 0.717) is 18.1 Å². The first-order valence-electron chi connectivity index (χ1n) is 8.10. The molecule has 25 heavy (non-hydrogen) atoms. The molecule has 0 unspecified atom stereocenters. The number of anilines is 1. The summed E-state index contributed by atoms with van der Waals surface area (Å²) < 4.78 is 4.89. The molecule has 2 aromatic rings. The fourth-order valence-electron chi connectivity index (χ4n) is 2.26. The van der Waals surface area contributed by atoms with Gasteiger partial charge in [0.2, 0.25) is 11.8 Å². The highest BCUT2D eigenvalue weighted by Crippen LogP contribution is 2.12. The lowest BCUT2D eigenvalue weighted by Crippen LogP contribution is -2.37. The van der Waals surface area contributed by atoms with Crippen molar-refractivity contribution in [3.63, 3.8) is 0 Å². The number of amides is 2. The van der Waals surface area contributed by atoms with E-state index < -0.39 is 0 Å². The maximum Gasteiger partial charge on any atom is 0.235 e. The lowest BCUT2D eigenvalue weighted by Gasteiger charge is -2.27. The summed E-state index contributed by atoms with van der Waals surface area (Å²) in [6.07, 6.45) is 0. The van der Waals surface area contributed by atoms with Gasteiger partial charge in [-0.05, 0) is 26.3 Å². The Labute approximate surface area is 151 Å². The molecule has 0 saturated heterocycles. The van der Waals surface area contributed by atoms with Gasteiger partial charge in [-0.25, -0.2) is 0 Å². The number of aromatic nitrogens is 1. The lowest BCUT2D eigenvalue weighted by molar-refractivity contribution is -0.130. The number of nitrogens with zero attached hydrogens (tertiary/aromatic N) is 2. The average molecular weight is 361 g/mol. The molecule has 6 nitrogen and oxygen atoms in total. The molecule has 0 fully saturated rings. The van der Waals surface area contributed by atoms with Gasteiger partial charge in [0.25, 0.3) is 0 Å². The van der Waals surface area contributed by atoms with Crippen molar-refractivity contribution >= 4 is 29.4 Å². The molecule has 1 aromatic heterocycles. The molecule has 0 aliphatic rings. The van der Waals surface area contributed by atoms with E-state index in [2.05, 4.69) is 10.5 Å². The van der Waals surface area contributed by atoms with E-state index in [0.717, 1.165) is 5.56 Å². The van der Waals surface area contributed by atoms with Gasteiger partial charge in [-0.2, -0.15) is 0 Å². The summed E-state index contributed by atoms with van der Waals surface area (Å²) in [5.74, 6) is 1.29. The zero-order valence-electron chi connectivity index (χ0n) is 14.7. The molecular weight excluding hydrogens is 338 g/mol. The maximum atomic E-state index is 12.5. The molecule has 0 atom stereocenters. The van der Waals surface area contributed by atoms with Crippen LogP contribution in [-0.2, 0) is 16.1 Å². The molecular formula is C18H23N3O3S. The van der Waals surface area contributed by atoms with E-state index in [-0.39, 0.29) is 29.4 Å². The Kier molecular flexibility index (Phi) is 7.06. The molecule has 1 aromatic carbocycles. The molecule has 7 heteroatoms. The fraction of sp³-hybridized carbons (Fsp3) is 0.389. The van der Waals surface area contributed by atoms with Crippen LogP contribution in [0.2, 0.25) is 0 Å². The Morgan fingerprint density at radius 1 is 1.24 bits per heavy atom. The molecule has 0 aliphatic carbocycles. The van der Waals surface area contributed by atoms with Crippen molar-refractivity contribution in [2.45, 2.75) is 33.4 Å². The van der Waals surface area contributed by atoms with E-state index in [9.17, 15) is 9.59 Å². The predicted molar refractivity (Wildman–Crippen MR) is 99.3 cm³/mol. The monoisotopic (exact) mass is 361 g/mol. The lowest BCUT2D eigenvalue weighted by atomic mass is 10.2. The Hall–Kier alpha value is -2.28. The highest BCUT2D eigenvalue weighted by atomic mass is 32.2. The van der Waals surface area contributed by atoms with Crippen molar-refractivity contribution in [1.82, 2.24) is 10.1 Å². The minimum atomic E-state index is -0.203. The standard InChI is InChI=1S/C18H23N3O3S/c1-13(2)21(10-15-7-5-4-6-8-15)18(23)12-25-11-17(22)19-16-9-14(3)24-20-16/h4-9,13H,10-12H2,1-3H3,(H,19,20,22). The number of rotatable bonds is 8. The van der Waals surface area contributed by atoms with Crippen molar-refractivity contribution in [2.24, 2.45) is 0 Å². The normalized spacial score (nSPS) is 10.7. The van der Waals surface area contributed by atoms with Crippen molar-refractivity contribution in [1.29, 1.82) is 0 Å². The fourth-order valence-corrected chi connectivity index (χ4v) is 2.96. The van der Waals surface area contributed by atoms with Crippen LogP contribution in [0.3, 0.4) is 0 Å². The number of thioether (sulfide) groups is 1. The first kappa shape index (κ1) is 19.1. The molecule has 0 spiro atoms. The summed E-state index contributed by atoms with van der Waals surface area (Å²) in [4.78, 5) is 26.2. The van der Waals surface area contributed by atoms with E-state index >= 15 is 0 Å². The molecule has 0 radical (unpaired) electrons. The molecule has 1 heterocycles. The van der Waals surface area contributed by atoms with Crippen molar-refractivity contribution in [2.75, 3.05) is 16.8 Å². The van der Waals surface area contributed by atoms with Gasteiger partial charge >= 0.3 is 0 Å². The Bertz CT molecular complexity index is 701. The number of carbonyl (C=O) groups excluding carboxylic acids is 2. The van der Waals surface area contributed by atoms with Crippen LogP contribution in [0, 0.1) is 6.92 Å². The highest BCUT2D eigenvalue weighted by Gasteiger charge is 2.18. The van der Waals surface area contributed by atoms with Gasteiger partial charge in [-0.15, -0.1) is 11.8 Å². The van der Waals surface area contributed by atoms with Crippen LogP contribution in [0.25, 0.3) is 0 Å². The summed E-state index contributed by atoms with van der Waals surface area (Å²) >= 11 is 1.29. The molecule has 0 aliphatic heterocycles. The second-order valence-corrected chi connectivity index (χ2v) is 6.95. The van der Waals surface area contributed by atoms with Gasteiger partial charge in [0.1, 0.15) is 5.76 Å². The summed E-state index contributed by atoms with van der Waals surface area (Å²) in [6.45, 7) is 6.31. The zero-order valence-corrected chi connectivity index (χ0v) is 15.5. The second-order valence-electron chi connectivity index (χ2n) is 5.96. The maximum absolute atomic E-state index is 12.5. The largest absolute Gasteiger partial charge is 0.360 e. The molecule has 134 valence electrons. The van der Waals surface area contributed by atoms with Crippen LogP contribution in [0.4, 0.5) is 5.82 Å². The summed E-state index contributed by atoms with van der Waals surface area (Å²) in [5.41, 5.74) is 1.09. The zero-order chi connectivity index (χ0) is 18.2. The summed E-state index contributed by atoms with van der Waals surface area (Å²) in [7, 11) is 0. The molecule has 2 rings (SSSR count). The Morgan fingerprint density at radius 3 is 2.56 bits per heavy atom. The van der Waals surface area contributed by atoms with Crippen molar-refractivity contribution in [3.05, 3.63) is 47.7 Å². The van der Waals surface area contributed by atoms with Gasteiger partial charge in [0.15, 0.2) is 5.82 Å². The van der Waals surface area contributed by atoms with Crippen LogP contribution in [0.1, 0.15) is 25.2 Å². The van der Waals surface area contributed by atoms with Gasteiger partial charge in [-0.3, -0.25) is 9.59 Å². The molecule has 0 saturated carbocycles. The number of nitrogens with one attached hydrogen (secondary N) is 1. The third kappa shape index (κ3) is 6.26. The van der Waals surface area contributed by atoms with Crippen LogP contribution >= 0.6 is 11.8 Å². The van der Waals surface area contributed by atoms with Gasteiger partial charge < -0.3 is 14.7 Å². The van der Waals surface area contributed by atoms with E-state index in [1.165, 1.54) is 11.8 Å². The van der Waals surface area contributed by atoms with E-state index in [1.54, 1.807) is 13.0 Å². The van der Waals surface area contributed by atoms with Crippen molar-refractivity contribution in [3.8, 4) is 0 Å². The number of carbonyl (C=O) groups is 2. The van der Waals surface area contributed by atoms with Gasteiger partial charge in [-0.1, -0.05) is 35.5 Å². The van der Waals surface area contributed by atoms with E-state index in [1.807, 2.05) is 49.1 Å². The SMILES string of the molecule is Cc1cc(NC(=O)CSCC(=O)N(Cc2ccccc2)C(C)C)no1. The van der Waals surface area contributed by atoms with E-state index in [4.69, 9.17) is 4.52 Å². The van der Waals surface area contributed by atoms with Crippen LogP contribution in [0.15, 0.2) is 40.9 Å². The number of hydrogen-bond donors (Lipinski definition) is 1. The molecule has 2 amide bonds. The summed E-state index contributed by atoms with van der Waals surface area (Å²) in [6, 6.07) is 11.6. The summed E-state index contributed by atoms with van der Waals surface area (Å²) in [5, 5.41) is 6.34. The van der Waals surface area contributed by atoms with Crippen molar-refractivity contribution < 1.29 is 14.1 Å². The molecule has 0 bridgehead atoms. The minimum Gasteiger partial charge on any atom is -0.360 e. The first-order chi connectivity index (χ1) is 12.0. The Morgan fingerprint density at radius 2 is 1.96 bits per heavy atom. The third-order valence-electron chi connectivity index (χ3n) is 3.49. The smallest absolute Gasteiger partial charge is 0.235 e. The first-order valence-corrected chi connectivity index (χ1v) is 9.25. The highest BCUT2D eigenvalue weighted by molar-refractivity contribution is 8.00. The van der Waals surface area contributed by atoms with Crippen LogP contribution in [-0.4, -0.2) is 39.4 Å². The number of hydrogen-bond acceptors (Lipinski definition) is 5. The number of benzene rings is 1.